The van der Waals surface area contributed by atoms with E-state index in [9.17, 15) is 9.59 Å². The number of nitrogens with zero attached hydrogens (tertiary/aromatic N) is 1. The van der Waals surface area contributed by atoms with Crippen molar-refractivity contribution < 1.29 is 23.5 Å². The minimum absolute atomic E-state index is 0.233. The summed E-state index contributed by atoms with van der Waals surface area (Å²) < 4.78 is 17.0. The third-order valence-electron chi connectivity index (χ3n) is 6.38. The molecule has 0 radical (unpaired) electrons. The summed E-state index contributed by atoms with van der Waals surface area (Å²) >= 11 is 0. The molecule has 3 aromatic carbocycles. The normalized spacial score (nSPS) is 15.8. The van der Waals surface area contributed by atoms with E-state index in [0.29, 0.717) is 43.0 Å². The Morgan fingerprint density at radius 1 is 1.00 bits per heavy atom. The first kappa shape index (κ1) is 21.8. The number of nitrogens with one attached hydrogen (secondary N) is 1. The zero-order valence-electron chi connectivity index (χ0n) is 19.2. The zero-order valence-corrected chi connectivity index (χ0v) is 19.2. The standard InChI is InChI=1S/C27H26N2O5/c1-32-22-9-5-3-7-17(22)11-13-28-26(30)19-12-14-29(27(19)31)21-16-24-20(15-25(21)33-2)18-8-4-6-10-23(18)34-24/h3-10,15-16,19H,11-14H2,1-2H3,(H,28,30). The second-order valence-corrected chi connectivity index (χ2v) is 8.30. The van der Waals surface area contributed by atoms with E-state index in [1.54, 1.807) is 19.1 Å². The number of carbonyl (C=O) groups excluding carboxylic acids is 2. The van der Waals surface area contributed by atoms with Gasteiger partial charge in [-0.1, -0.05) is 36.4 Å². The van der Waals surface area contributed by atoms with Gasteiger partial charge in [0.2, 0.25) is 11.8 Å². The lowest BCUT2D eigenvalue weighted by Gasteiger charge is -2.19. The molecule has 1 atom stereocenters. The molecule has 1 fully saturated rings. The van der Waals surface area contributed by atoms with Crippen molar-refractivity contribution in [2.75, 3.05) is 32.2 Å². The van der Waals surface area contributed by atoms with Gasteiger partial charge in [-0.3, -0.25) is 9.59 Å². The van der Waals surface area contributed by atoms with Crippen LogP contribution in [0.3, 0.4) is 0 Å². The van der Waals surface area contributed by atoms with E-state index in [1.165, 1.54) is 0 Å². The van der Waals surface area contributed by atoms with Crippen LogP contribution in [0.1, 0.15) is 12.0 Å². The van der Waals surface area contributed by atoms with Crippen molar-refractivity contribution in [2.24, 2.45) is 5.92 Å². The zero-order chi connectivity index (χ0) is 23.7. The molecule has 1 saturated heterocycles. The van der Waals surface area contributed by atoms with Crippen molar-refractivity contribution in [3.8, 4) is 11.5 Å². The Bertz CT molecular complexity index is 1380. The average Bonchev–Trinajstić information content (AvgIpc) is 3.43. The van der Waals surface area contributed by atoms with Gasteiger partial charge in [-0.05, 0) is 36.6 Å². The highest BCUT2D eigenvalue weighted by Gasteiger charge is 2.38. The highest BCUT2D eigenvalue weighted by atomic mass is 16.5. The number of anilines is 1. The molecule has 1 aliphatic heterocycles. The van der Waals surface area contributed by atoms with E-state index in [4.69, 9.17) is 13.9 Å². The maximum absolute atomic E-state index is 13.2. The molecule has 1 aliphatic rings. The Balaban J connectivity index is 1.32. The quantitative estimate of drug-likeness (QED) is 0.417. The lowest BCUT2D eigenvalue weighted by molar-refractivity contribution is -0.132. The Morgan fingerprint density at radius 3 is 2.59 bits per heavy atom. The molecular formula is C27H26N2O5. The number of carbonyl (C=O) groups is 2. The molecule has 5 rings (SSSR count). The van der Waals surface area contributed by atoms with E-state index in [-0.39, 0.29) is 11.8 Å². The van der Waals surface area contributed by atoms with Gasteiger partial charge in [0.15, 0.2) is 0 Å². The van der Waals surface area contributed by atoms with Crippen LogP contribution in [0.25, 0.3) is 21.9 Å². The molecule has 174 valence electrons. The molecule has 1 N–H and O–H groups in total. The van der Waals surface area contributed by atoms with Gasteiger partial charge in [0, 0.05) is 29.9 Å². The molecule has 0 saturated carbocycles. The first-order valence-corrected chi connectivity index (χ1v) is 11.3. The molecule has 0 spiro atoms. The minimum atomic E-state index is -0.728. The fourth-order valence-electron chi connectivity index (χ4n) is 4.63. The van der Waals surface area contributed by atoms with Crippen molar-refractivity contribution >= 4 is 39.4 Å². The summed E-state index contributed by atoms with van der Waals surface area (Å²) in [6.07, 6.45) is 1.07. The predicted molar refractivity (Wildman–Crippen MR) is 130 cm³/mol. The third kappa shape index (κ3) is 3.83. The maximum atomic E-state index is 13.2. The lowest BCUT2D eigenvalue weighted by atomic mass is 10.1. The largest absolute Gasteiger partial charge is 0.496 e. The molecule has 0 bridgehead atoms. The van der Waals surface area contributed by atoms with E-state index >= 15 is 0 Å². The van der Waals surface area contributed by atoms with E-state index < -0.39 is 5.92 Å². The molecule has 0 aliphatic carbocycles. The van der Waals surface area contributed by atoms with Gasteiger partial charge >= 0.3 is 0 Å². The summed E-state index contributed by atoms with van der Waals surface area (Å²) in [5.74, 6) is 0.140. The van der Waals surface area contributed by atoms with Gasteiger partial charge in [0.25, 0.3) is 0 Å². The Hall–Kier alpha value is -4.00. The monoisotopic (exact) mass is 458 g/mol. The van der Waals surface area contributed by atoms with Crippen molar-refractivity contribution in [2.45, 2.75) is 12.8 Å². The van der Waals surface area contributed by atoms with Crippen LogP contribution in [0, 0.1) is 5.92 Å². The number of furan rings is 1. The molecule has 1 unspecified atom stereocenters. The molecule has 4 aromatic rings. The molecule has 1 aromatic heterocycles. The van der Waals surface area contributed by atoms with Crippen molar-refractivity contribution in [1.82, 2.24) is 5.32 Å². The highest BCUT2D eigenvalue weighted by Crippen LogP contribution is 2.40. The van der Waals surface area contributed by atoms with Crippen LogP contribution in [0.4, 0.5) is 5.69 Å². The van der Waals surface area contributed by atoms with Gasteiger partial charge < -0.3 is 24.1 Å². The fraction of sp³-hybridized carbons (Fsp3) is 0.259. The second-order valence-electron chi connectivity index (χ2n) is 8.30. The number of para-hydroxylation sites is 2. The van der Waals surface area contributed by atoms with Crippen molar-refractivity contribution in [1.29, 1.82) is 0 Å². The Labute approximate surface area is 197 Å². The van der Waals surface area contributed by atoms with Crippen molar-refractivity contribution in [3.63, 3.8) is 0 Å². The van der Waals surface area contributed by atoms with Crippen LogP contribution in [-0.4, -0.2) is 39.1 Å². The van der Waals surface area contributed by atoms with Gasteiger partial charge in [-0.25, -0.2) is 0 Å². The molecule has 2 heterocycles. The van der Waals surface area contributed by atoms with Gasteiger partial charge in [-0.15, -0.1) is 0 Å². The fourth-order valence-corrected chi connectivity index (χ4v) is 4.63. The minimum Gasteiger partial charge on any atom is -0.496 e. The van der Waals surface area contributed by atoms with Crippen LogP contribution < -0.4 is 19.7 Å². The van der Waals surface area contributed by atoms with Crippen LogP contribution in [-0.2, 0) is 16.0 Å². The third-order valence-corrected chi connectivity index (χ3v) is 6.38. The van der Waals surface area contributed by atoms with Crippen LogP contribution in [0.15, 0.2) is 65.1 Å². The van der Waals surface area contributed by atoms with E-state index in [0.717, 1.165) is 27.7 Å². The summed E-state index contributed by atoms with van der Waals surface area (Å²) in [6, 6.07) is 19.2. The molecule has 7 nitrogen and oxygen atoms in total. The summed E-state index contributed by atoms with van der Waals surface area (Å²) in [7, 11) is 3.20. The Morgan fingerprint density at radius 2 is 1.76 bits per heavy atom. The summed E-state index contributed by atoms with van der Waals surface area (Å²) in [5, 5.41) is 4.82. The predicted octanol–water partition coefficient (Wildman–Crippen LogP) is 4.32. The van der Waals surface area contributed by atoms with E-state index in [2.05, 4.69) is 5.32 Å². The van der Waals surface area contributed by atoms with Crippen LogP contribution in [0.5, 0.6) is 11.5 Å². The first-order valence-electron chi connectivity index (χ1n) is 11.3. The van der Waals surface area contributed by atoms with Crippen LogP contribution in [0.2, 0.25) is 0 Å². The second kappa shape index (κ2) is 9.09. The summed E-state index contributed by atoms with van der Waals surface area (Å²) in [4.78, 5) is 27.7. The number of fused-ring (bicyclic) bond motifs is 3. The average molecular weight is 459 g/mol. The summed E-state index contributed by atoms with van der Waals surface area (Å²) in [6.45, 7) is 0.864. The first-order chi connectivity index (χ1) is 16.6. The number of rotatable bonds is 7. The van der Waals surface area contributed by atoms with Gasteiger partial charge in [0.05, 0.1) is 19.9 Å². The molecule has 7 heteroatoms. The smallest absolute Gasteiger partial charge is 0.239 e. The topological polar surface area (TPSA) is 81.0 Å². The Kier molecular flexibility index (Phi) is 5.84. The number of methoxy groups -OCH3 is 2. The maximum Gasteiger partial charge on any atom is 0.239 e. The van der Waals surface area contributed by atoms with Gasteiger partial charge in [-0.2, -0.15) is 0 Å². The number of amides is 2. The highest BCUT2D eigenvalue weighted by molar-refractivity contribution is 6.12. The number of hydrogen-bond acceptors (Lipinski definition) is 5. The molecule has 2 amide bonds. The SMILES string of the molecule is COc1ccccc1CCNC(=O)C1CCN(c2cc3oc4ccccc4c3cc2OC)C1=O. The van der Waals surface area contributed by atoms with Crippen LogP contribution >= 0.6 is 0 Å². The number of ether oxygens (including phenoxy) is 2. The number of hydrogen-bond donors (Lipinski definition) is 1. The number of benzene rings is 3. The molecular weight excluding hydrogens is 432 g/mol. The van der Waals surface area contributed by atoms with Gasteiger partial charge in [0.1, 0.15) is 28.6 Å². The summed E-state index contributed by atoms with van der Waals surface area (Å²) in [5.41, 5.74) is 3.07. The van der Waals surface area contributed by atoms with E-state index in [1.807, 2.05) is 60.7 Å². The van der Waals surface area contributed by atoms with Crippen molar-refractivity contribution in [3.05, 3.63) is 66.2 Å². The molecule has 34 heavy (non-hydrogen) atoms. The lowest BCUT2D eigenvalue weighted by Crippen LogP contribution is -2.37.